The summed E-state index contributed by atoms with van der Waals surface area (Å²) in [7, 11) is 2.07. The highest BCUT2D eigenvalue weighted by molar-refractivity contribution is 5.56. The largest absolute Gasteiger partial charge is 0.418 e. The van der Waals surface area contributed by atoms with Crippen molar-refractivity contribution < 1.29 is 22.6 Å². The number of fused-ring (bicyclic) bond motifs is 1. The van der Waals surface area contributed by atoms with Crippen molar-refractivity contribution in [3.05, 3.63) is 40.1 Å². The number of hydrogen-bond acceptors (Lipinski definition) is 7. The predicted molar refractivity (Wildman–Crippen MR) is 139 cm³/mol. The Bertz CT molecular complexity index is 1220. The van der Waals surface area contributed by atoms with Crippen LogP contribution in [0.3, 0.4) is 0 Å². The zero-order valence-electron chi connectivity index (χ0n) is 22.4. The molecule has 216 valence electrons. The fourth-order valence-corrected chi connectivity index (χ4v) is 6.99. The molecule has 3 N–H and O–H groups in total. The maximum absolute atomic E-state index is 14.2. The van der Waals surface area contributed by atoms with Crippen LogP contribution in [0.25, 0.3) is 5.52 Å². The lowest BCUT2D eigenvalue weighted by Crippen LogP contribution is -2.54. The number of alkyl halides is 3. The third-order valence-corrected chi connectivity index (χ3v) is 9.29. The Kier molecular flexibility index (Phi) is 7.53. The molecule has 4 aliphatic rings. The first-order valence-corrected chi connectivity index (χ1v) is 14.2. The fraction of sp³-hybridized carbons (Fsp3) is 0.741. The van der Waals surface area contributed by atoms with E-state index in [1.54, 1.807) is 10.8 Å². The summed E-state index contributed by atoms with van der Waals surface area (Å²) < 4.78 is 56.5. The maximum Gasteiger partial charge on any atom is 0.418 e. The number of ether oxygens (including phenoxy) is 2. The van der Waals surface area contributed by atoms with Crippen LogP contribution in [0.1, 0.15) is 62.1 Å². The smallest absolute Gasteiger partial charge is 0.380 e. The zero-order chi connectivity index (χ0) is 27.2. The first-order valence-electron chi connectivity index (χ1n) is 14.2. The van der Waals surface area contributed by atoms with Gasteiger partial charge in [-0.2, -0.15) is 13.2 Å². The lowest BCUT2D eigenvalue weighted by molar-refractivity contribution is -0.167. The molecule has 4 unspecified atom stereocenters. The summed E-state index contributed by atoms with van der Waals surface area (Å²) >= 11 is 0. The molecule has 4 fully saturated rings. The second-order valence-electron chi connectivity index (χ2n) is 11.9. The number of hydrazine groups is 1. The van der Waals surface area contributed by atoms with Crippen LogP contribution in [0.4, 0.5) is 13.2 Å². The minimum atomic E-state index is -4.56. The van der Waals surface area contributed by atoms with Gasteiger partial charge in [0.2, 0.25) is 0 Å². The van der Waals surface area contributed by atoms with Gasteiger partial charge in [0.1, 0.15) is 0 Å². The third kappa shape index (κ3) is 5.39. The Hall–Kier alpha value is -1.96. The number of pyridine rings is 1. The number of nitrogens with one attached hydrogen (secondary N) is 3. The number of halogens is 3. The monoisotopic (exact) mass is 552 g/mol. The summed E-state index contributed by atoms with van der Waals surface area (Å²) in [5.41, 5.74) is 5.72. The van der Waals surface area contributed by atoms with Crippen LogP contribution in [-0.2, 0) is 22.2 Å². The van der Waals surface area contributed by atoms with Crippen LogP contribution < -0.4 is 21.9 Å². The molecular weight excluding hydrogens is 513 g/mol. The van der Waals surface area contributed by atoms with Gasteiger partial charge in [-0.3, -0.25) is 13.9 Å². The molecule has 1 aliphatic carbocycles. The molecule has 12 heteroatoms. The lowest BCUT2D eigenvalue weighted by Gasteiger charge is -2.51. The molecular formula is C27H39F3N6O3. The van der Waals surface area contributed by atoms with Crippen LogP contribution in [0.5, 0.6) is 0 Å². The number of hydrogen-bond donors (Lipinski definition) is 3. The SMILES string of the molecule is CN1CNNC1CC1(C2CCCC(n3cc4c(C(F)(F)F)cc(CNCC5CCCO5)cn4c3=O)C2)COC1. The number of nitrogens with zero attached hydrogens (tertiary/aromatic N) is 3. The molecule has 4 atom stereocenters. The summed E-state index contributed by atoms with van der Waals surface area (Å²) in [4.78, 5) is 15.8. The van der Waals surface area contributed by atoms with Crippen LogP contribution in [-0.4, -0.2) is 66.2 Å². The van der Waals surface area contributed by atoms with Crippen molar-refractivity contribution in [1.82, 2.24) is 30.0 Å². The van der Waals surface area contributed by atoms with Crippen molar-refractivity contribution in [2.45, 2.75) is 76.0 Å². The van der Waals surface area contributed by atoms with E-state index in [1.165, 1.54) is 16.7 Å². The molecule has 0 radical (unpaired) electrons. The molecule has 2 aromatic rings. The van der Waals surface area contributed by atoms with Crippen molar-refractivity contribution >= 4 is 5.52 Å². The van der Waals surface area contributed by atoms with Crippen molar-refractivity contribution in [2.75, 3.05) is 40.1 Å². The Balaban J connectivity index is 1.24. The van der Waals surface area contributed by atoms with E-state index in [4.69, 9.17) is 9.47 Å². The molecule has 39 heavy (non-hydrogen) atoms. The average Bonchev–Trinajstić information content (AvgIpc) is 3.62. The van der Waals surface area contributed by atoms with Crippen LogP contribution in [0.2, 0.25) is 0 Å². The van der Waals surface area contributed by atoms with E-state index in [2.05, 4.69) is 28.1 Å². The van der Waals surface area contributed by atoms with Gasteiger partial charge in [-0.15, -0.1) is 0 Å². The van der Waals surface area contributed by atoms with Gasteiger partial charge in [0.15, 0.2) is 0 Å². The van der Waals surface area contributed by atoms with E-state index in [0.717, 1.165) is 58.2 Å². The molecule has 0 aromatic carbocycles. The molecule has 0 amide bonds. The van der Waals surface area contributed by atoms with E-state index >= 15 is 0 Å². The highest BCUT2D eigenvalue weighted by Gasteiger charge is 2.49. The molecule has 0 bridgehead atoms. The highest BCUT2D eigenvalue weighted by atomic mass is 19.4. The summed E-state index contributed by atoms with van der Waals surface area (Å²) in [6.45, 7) is 3.68. The van der Waals surface area contributed by atoms with Crippen LogP contribution in [0.15, 0.2) is 23.3 Å². The zero-order valence-corrected chi connectivity index (χ0v) is 22.4. The quantitative estimate of drug-likeness (QED) is 0.465. The fourth-order valence-electron chi connectivity index (χ4n) is 6.99. The van der Waals surface area contributed by atoms with Crippen molar-refractivity contribution in [1.29, 1.82) is 0 Å². The van der Waals surface area contributed by atoms with Gasteiger partial charge in [-0.05, 0) is 63.1 Å². The number of imidazole rings is 1. The van der Waals surface area contributed by atoms with E-state index in [1.807, 2.05) is 0 Å². The Morgan fingerprint density at radius 3 is 2.69 bits per heavy atom. The number of aromatic nitrogens is 2. The van der Waals surface area contributed by atoms with Crippen LogP contribution >= 0.6 is 0 Å². The molecule has 5 heterocycles. The van der Waals surface area contributed by atoms with Crippen molar-refractivity contribution in [3.8, 4) is 0 Å². The van der Waals surface area contributed by atoms with Crippen molar-refractivity contribution in [2.24, 2.45) is 11.3 Å². The summed E-state index contributed by atoms with van der Waals surface area (Å²) in [6, 6.07) is 1.04. The van der Waals surface area contributed by atoms with E-state index in [9.17, 15) is 18.0 Å². The van der Waals surface area contributed by atoms with Crippen molar-refractivity contribution in [3.63, 3.8) is 0 Å². The minimum absolute atomic E-state index is 0.0123. The molecule has 0 spiro atoms. The third-order valence-electron chi connectivity index (χ3n) is 9.29. The number of rotatable bonds is 8. The Morgan fingerprint density at radius 1 is 1.18 bits per heavy atom. The van der Waals surface area contributed by atoms with Gasteiger partial charge < -0.3 is 14.8 Å². The minimum Gasteiger partial charge on any atom is -0.380 e. The molecule has 6 rings (SSSR count). The topological polar surface area (TPSA) is 84.2 Å². The average molecular weight is 553 g/mol. The van der Waals surface area contributed by atoms with Gasteiger partial charge in [0.25, 0.3) is 0 Å². The summed E-state index contributed by atoms with van der Waals surface area (Å²) in [5.74, 6) is 0.343. The second kappa shape index (κ2) is 10.8. The molecule has 3 aliphatic heterocycles. The van der Waals surface area contributed by atoms with Gasteiger partial charge >= 0.3 is 11.9 Å². The van der Waals surface area contributed by atoms with Crippen LogP contribution in [0, 0.1) is 11.3 Å². The molecule has 9 nitrogen and oxygen atoms in total. The first kappa shape index (κ1) is 27.2. The lowest BCUT2D eigenvalue weighted by atomic mass is 9.64. The Labute approximate surface area is 226 Å². The maximum atomic E-state index is 14.2. The normalized spacial score (nSPS) is 29.7. The first-order chi connectivity index (χ1) is 18.7. The van der Waals surface area contributed by atoms with Gasteiger partial charge in [-0.25, -0.2) is 15.6 Å². The summed E-state index contributed by atoms with van der Waals surface area (Å²) in [6.07, 6.45) is 5.12. The van der Waals surface area contributed by atoms with Gasteiger partial charge in [-0.1, -0.05) is 6.42 Å². The van der Waals surface area contributed by atoms with E-state index in [-0.39, 0.29) is 35.8 Å². The molecule has 3 saturated heterocycles. The Morgan fingerprint density at radius 2 is 2.03 bits per heavy atom. The van der Waals surface area contributed by atoms with E-state index < -0.39 is 17.4 Å². The van der Waals surface area contributed by atoms with Gasteiger partial charge in [0, 0.05) is 43.5 Å². The molecule has 1 saturated carbocycles. The summed E-state index contributed by atoms with van der Waals surface area (Å²) in [5, 5.41) is 3.21. The van der Waals surface area contributed by atoms with E-state index in [0.29, 0.717) is 31.2 Å². The predicted octanol–water partition coefficient (Wildman–Crippen LogP) is 2.85. The second-order valence-corrected chi connectivity index (χ2v) is 11.9. The standard InChI is InChI=1S/C27H39F3N6O3/c1-34-17-32-33-24(34)10-26(15-38-16-26)19-4-2-5-20(9-19)35-14-23-22(27(28,29)30)8-18(13-36(23)25(35)37)11-31-12-21-6-3-7-39-21/h8,13-14,19-21,24,31-33H,2-7,9-12,15-17H2,1H3. The molecule has 2 aromatic heterocycles. The highest BCUT2D eigenvalue weighted by Crippen LogP contribution is 2.49. The van der Waals surface area contributed by atoms with Gasteiger partial charge in [0.05, 0.1) is 43.2 Å².